The molecular weight excluding hydrogens is 343 g/mol. The van der Waals surface area contributed by atoms with Gasteiger partial charge in [0, 0.05) is 34.2 Å². The fraction of sp³-hybridized carbons (Fsp3) is 0.316. The predicted molar refractivity (Wildman–Crippen MR) is 98.6 cm³/mol. The molecule has 2 atom stereocenters. The molecule has 0 unspecified atom stereocenters. The normalized spacial score (nSPS) is 20.9. The van der Waals surface area contributed by atoms with E-state index in [9.17, 15) is 4.79 Å². The summed E-state index contributed by atoms with van der Waals surface area (Å²) >= 11 is 12.1. The molecule has 1 amide bonds. The predicted octanol–water partition coefficient (Wildman–Crippen LogP) is 4.17. The molecule has 1 aliphatic heterocycles. The largest absolute Gasteiger partial charge is 0.335 e. The highest BCUT2D eigenvalue weighted by Gasteiger charge is 2.31. The molecule has 0 radical (unpaired) electrons. The van der Waals surface area contributed by atoms with Crippen molar-refractivity contribution in [2.45, 2.75) is 31.3 Å². The second-order valence-electron chi connectivity index (χ2n) is 6.28. The van der Waals surface area contributed by atoms with E-state index in [1.165, 1.54) is 5.56 Å². The number of carbonyl (C=O) groups excluding carboxylic acids is 1. The van der Waals surface area contributed by atoms with Crippen molar-refractivity contribution in [3.05, 3.63) is 69.7 Å². The quantitative estimate of drug-likeness (QED) is 0.890. The zero-order valence-electron chi connectivity index (χ0n) is 13.3. The standard InChI is InChI=1S/C19H20Cl2N2O/c20-15-9-14(10-16(21)11-15)19(24)23-7-6-17(22)12-18(23)8-13-4-2-1-3-5-13/h1-5,9-11,17-18H,6-8,12,22H2/t17-,18+/m0/s1. The number of carbonyl (C=O) groups is 1. The molecule has 0 bridgehead atoms. The van der Waals surface area contributed by atoms with Crippen molar-refractivity contribution < 1.29 is 4.79 Å². The molecule has 126 valence electrons. The van der Waals surface area contributed by atoms with Crippen LogP contribution in [0.1, 0.15) is 28.8 Å². The number of piperidine rings is 1. The molecule has 0 aliphatic carbocycles. The number of nitrogens with zero attached hydrogens (tertiary/aromatic N) is 1. The van der Waals surface area contributed by atoms with E-state index in [1.54, 1.807) is 18.2 Å². The minimum atomic E-state index is -0.0350. The molecule has 1 saturated heterocycles. The van der Waals surface area contributed by atoms with Gasteiger partial charge in [0.25, 0.3) is 5.91 Å². The van der Waals surface area contributed by atoms with Gasteiger partial charge in [-0.1, -0.05) is 53.5 Å². The molecule has 2 N–H and O–H groups in total. The Morgan fingerprint density at radius 2 is 1.79 bits per heavy atom. The second kappa shape index (κ2) is 7.56. The van der Waals surface area contributed by atoms with E-state index in [-0.39, 0.29) is 18.0 Å². The van der Waals surface area contributed by atoms with Crippen molar-refractivity contribution in [2.24, 2.45) is 5.73 Å². The van der Waals surface area contributed by atoms with Crippen molar-refractivity contribution in [3.63, 3.8) is 0 Å². The van der Waals surface area contributed by atoms with Crippen molar-refractivity contribution >= 4 is 29.1 Å². The molecule has 0 aromatic heterocycles. The Kier molecular flexibility index (Phi) is 5.44. The highest BCUT2D eigenvalue weighted by Crippen LogP contribution is 2.25. The number of benzene rings is 2. The lowest BCUT2D eigenvalue weighted by Crippen LogP contribution is -2.50. The van der Waals surface area contributed by atoms with E-state index in [0.717, 1.165) is 19.3 Å². The van der Waals surface area contributed by atoms with Gasteiger partial charge in [-0.3, -0.25) is 4.79 Å². The third-order valence-electron chi connectivity index (χ3n) is 4.44. The van der Waals surface area contributed by atoms with Gasteiger partial charge in [-0.2, -0.15) is 0 Å². The molecule has 1 fully saturated rings. The molecule has 2 aromatic carbocycles. The second-order valence-corrected chi connectivity index (χ2v) is 7.16. The van der Waals surface area contributed by atoms with Gasteiger partial charge in [0.15, 0.2) is 0 Å². The zero-order chi connectivity index (χ0) is 17.1. The Bertz CT molecular complexity index is 700. The van der Waals surface area contributed by atoms with Gasteiger partial charge >= 0.3 is 0 Å². The number of hydrogen-bond acceptors (Lipinski definition) is 2. The van der Waals surface area contributed by atoms with E-state index < -0.39 is 0 Å². The van der Waals surface area contributed by atoms with Crippen LogP contribution in [-0.4, -0.2) is 29.4 Å². The Morgan fingerprint density at radius 1 is 1.12 bits per heavy atom. The van der Waals surface area contributed by atoms with Crippen LogP contribution in [-0.2, 0) is 6.42 Å². The van der Waals surface area contributed by atoms with Gasteiger partial charge in [-0.05, 0) is 43.0 Å². The van der Waals surface area contributed by atoms with E-state index in [0.29, 0.717) is 22.2 Å². The number of halogens is 2. The summed E-state index contributed by atoms with van der Waals surface area (Å²) in [5, 5.41) is 0.943. The summed E-state index contributed by atoms with van der Waals surface area (Å²) in [5.41, 5.74) is 7.88. The summed E-state index contributed by atoms with van der Waals surface area (Å²) in [4.78, 5) is 14.9. The Morgan fingerprint density at radius 3 is 2.46 bits per heavy atom. The molecule has 3 nitrogen and oxygen atoms in total. The van der Waals surface area contributed by atoms with E-state index in [1.807, 2.05) is 23.1 Å². The Labute approximate surface area is 152 Å². The number of nitrogens with two attached hydrogens (primary N) is 1. The minimum absolute atomic E-state index is 0.0350. The van der Waals surface area contributed by atoms with E-state index >= 15 is 0 Å². The third kappa shape index (κ3) is 4.10. The van der Waals surface area contributed by atoms with Crippen LogP contribution in [0.3, 0.4) is 0 Å². The van der Waals surface area contributed by atoms with Crippen LogP contribution in [0.25, 0.3) is 0 Å². The summed E-state index contributed by atoms with van der Waals surface area (Å²) in [5.74, 6) is -0.0350. The molecule has 5 heteroatoms. The van der Waals surface area contributed by atoms with Gasteiger partial charge in [0.2, 0.25) is 0 Å². The summed E-state index contributed by atoms with van der Waals surface area (Å²) < 4.78 is 0. The Hall–Kier alpha value is -1.55. The summed E-state index contributed by atoms with van der Waals surface area (Å²) in [6.07, 6.45) is 2.41. The van der Waals surface area contributed by atoms with Crippen LogP contribution in [0.2, 0.25) is 10.0 Å². The van der Waals surface area contributed by atoms with E-state index in [4.69, 9.17) is 28.9 Å². The van der Waals surface area contributed by atoms with Crippen LogP contribution in [0.5, 0.6) is 0 Å². The number of hydrogen-bond donors (Lipinski definition) is 1. The van der Waals surface area contributed by atoms with Crippen LogP contribution in [0, 0.1) is 0 Å². The van der Waals surface area contributed by atoms with Crippen LogP contribution in [0.4, 0.5) is 0 Å². The first-order valence-electron chi connectivity index (χ1n) is 8.09. The molecule has 2 aromatic rings. The maximum Gasteiger partial charge on any atom is 0.254 e. The smallest absolute Gasteiger partial charge is 0.254 e. The van der Waals surface area contributed by atoms with Crippen molar-refractivity contribution in [2.75, 3.05) is 6.54 Å². The zero-order valence-corrected chi connectivity index (χ0v) is 14.8. The van der Waals surface area contributed by atoms with Crippen LogP contribution < -0.4 is 5.73 Å². The minimum Gasteiger partial charge on any atom is -0.335 e. The van der Waals surface area contributed by atoms with Crippen molar-refractivity contribution in [1.29, 1.82) is 0 Å². The van der Waals surface area contributed by atoms with Crippen molar-refractivity contribution in [1.82, 2.24) is 4.90 Å². The molecule has 1 heterocycles. The lowest BCUT2D eigenvalue weighted by atomic mass is 9.92. The fourth-order valence-corrected chi connectivity index (χ4v) is 3.80. The van der Waals surface area contributed by atoms with Gasteiger partial charge in [-0.15, -0.1) is 0 Å². The molecule has 0 spiro atoms. The number of likely N-dealkylation sites (tertiary alicyclic amines) is 1. The highest BCUT2D eigenvalue weighted by molar-refractivity contribution is 6.35. The molecule has 24 heavy (non-hydrogen) atoms. The fourth-order valence-electron chi connectivity index (χ4n) is 3.27. The summed E-state index contributed by atoms with van der Waals surface area (Å²) in [6, 6.07) is 15.4. The SMILES string of the molecule is N[C@H]1CCN(C(=O)c2cc(Cl)cc(Cl)c2)[C@H](Cc2ccccc2)C1. The summed E-state index contributed by atoms with van der Waals surface area (Å²) in [6.45, 7) is 0.654. The average Bonchev–Trinajstić information content (AvgIpc) is 2.54. The van der Waals surface area contributed by atoms with Gasteiger partial charge in [-0.25, -0.2) is 0 Å². The topological polar surface area (TPSA) is 46.3 Å². The lowest BCUT2D eigenvalue weighted by Gasteiger charge is -2.38. The van der Waals surface area contributed by atoms with Crippen LogP contribution >= 0.6 is 23.2 Å². The Balaban J connectivity index is 1.84. The molecule has 1 aliphatic rings. The lowest BCUT2D eigenvalue weighted by molar-refractivity contribution is 0.0595. The monoisotopic (exact) mass is 362 g/mol. The van der Waals surface area contributed by atoms with E-state index in [2.05, 4.69) is 12.1 Å². The first kappa shape index (κ1) is 17.3. The van der Waals surface area contributed by atoms with Crippen molar-refractivity contribution in [3.8, 4) is 0 Å². The number of amides is 1. The maximum absolute atomic E-state index is 13.0. The van der Waals surface area contributed by atoms with Gasteiger partial charge < -0.3 is 10.6 Å². The van der Waals surface area contributed by atoms with Crippen LogP contribution in [0.15, 0.2) is 48.5 Å². The number of rotatable bonds is 3. The third-order valence-corrected chi connectivity index (χ3v) is 4.88. The highest BCUT2D eigenvalue weighted by atomic mass is 35.5. The first-order chi connectivity index (χ1) is 11.5. The van der Waals surface area contributed by atoms with Gasteiger partial charge in [0.05, 0.1) is 0 Å². The maximum atomic E-state index is 13.0. The molecule has 0 saturated carbocycles. The summed E-state index contributed by atoms with van der Waals surface area (Å²) in [7, 11) is 0. The van der Waals surface area contributed by atoms with Gasteiger partial charge in [0.1, 0.15) is 0 Å². The molecular formula is C19H20Cl2N2O. The average molecular weight is 363 g/mol. The molecule has 3 rings (SSSR count). The first-order valence-corrected chi connectivity index (χ1v) is 8.85.